The van der Waals surface area contributed by atoms with Gasteiger partial charge in [-0.15, -0.1) is 0 Å². The van der Waals surface area contributed by atoms with Crippen LogP contribution in [0.25, 0.3) is 0 Å². The number of para-hydroxylation sites is 1. The number of aryl methyl sites for hydroxylation is 1. The van der Waals surface area contributed by atoms with Crippen LogP contribution in [0.1, 0.15) is 43.4 Å². The Bertz CT molecular complexity index is 798. The number of carbonyl (C=O) groups is 1. The number of carbonyl (C=O) groups excluding carboxylic acids is 1. The molecule has 27 heavy (non-hydrogen) atoms. The summed E-state index contributed by atoms with van der Waals surface area (Å²) in [6.45, 7) is 2.63. The van der Waals surface area contributed by atoms with Gasteiger partial charge in [0.1, 0.15) is 5.75 Å². The Morgan fingerprint density at radius 2 is 1.89 bits per heavy atom. The highest BCUT2D eigenvalue weighted by Gasteiger charge is 2.34. The highest BCUT2D eigenvalue weighted by Crippen LogP contribution is 2.41. The number of rotatable bonds is 6. The number of ether oxygens (including phenoxy) is 1. The van der Waals surface area contributed by atoms with Gasteiger partial charge in [0.15, 0.2) is 0 Å². The number of nitrogens with zero attached hydrogens (tertiary/aromatic N) is 1. The van der Waals surface area contributed by atoms with Crippen LogP contribution in [0.4, 0.5) is 5.69 Å². The Labute approximate surface area is 161 Å². The zero-order valence-electron chi connectivity index (χ0n) is 16.2. The van der Waals surface area contributed by atoms with Gasteiger partial charge < -0.3 is 15.0 Å². The molecule has 4 nitrogen and oxygen atoms in total. The SMILES string of the molecule is COc1ccc([C@H](NC(=O)CN2c3ccccc3CC[C@@H]2C)C2CC2)cc1. The van der Waals surface area contributed by atoms with Crippen LogP contribution in [-0.2, 0) is 11.2 Å². The maximum Gasteiger partial charge on any atom is 0.240 e. The van der Waals surface area contributed by atoms with E-state index in [-0.39, 0.29) is 11.9 Å². The third kappa shape index (κ3) is 3.95. The Kier molecular flexibility index (Phi) is 5.06. The minimum absolute atomic E-state index is 0.0961. The second-order valence-corrected chi connectivity index (χ2v) is 7.80. The molecule has 2 aliphatic rings. The molecule has 1 heterocycles. The van der Waals surface area contributed by atoms with E-state index in [1.807, 2.05) is 12.1 Å². The highest BCUT2D eigenvalue weighted by molar-refractivity contribution is 5.82. The predicted molar refractivity (Wildman–Crippen MR) is 108 cm³/mol. The lowest BCUT2D eigenvalue weighted by Crippen LogP contribution is -2.45. The molecule has 2 atom stereocenters. The summed E-state index contributed by atoms with van der Waals surface area (Å²) >= 11 is 0. The quantitative estimate of drug-likeness (QED) is 0.839. The monoisotopic (exact) mass is 364 g/mol. The molecular formula is C23H28N2O2. The minimum Gasteiger partial charge on any atom is -0.497 e. The first-order chi connectivity index (χ1) is 13.2. The van der Waals surface area contributed by atoms with Gasteiger partial charge in [-0.2, -0.15) is 0 Å². The van der Waals surface area contributed by atoms with Crippen molar-refractivity contribution in [1.82, 2.24) is 5.32 Å². The summed E-state index contributed by atoms with van der Waals surface area (Å²) in [5.41, 5.74) is 3.72. The van der Waals surface area contributed by atoms with Crippen molar-refractivity contribution in [3.63, 3.8) is 0 Å². The fourth-order valence-electron chi connectivity index (χ4n) is 4.09. The van der Waals surface area contributed by atoms with Crippen LogP contribution >= 0.6 is 0 Å². The van der Waals surface area contributed by atoms with E-state index in [9.17, 15) is 4.79 Å². The first-order valence-electron chi connectivity index (χ1n) is 9.93. The fourth-order valence-corrected chi connectivity index (χ4v) is 4.09. The lowest BCUT2D eigenvalue weighted by molar-refractivity contribution is -0.120. The van der Waals surface area contributed by atoms with Crippen molar-refractivity contribution < 1.29 is 9.53 Å². The Balaban J connectivity index is 1.47. The average Bonchev–Trinajstić information content (AvgIpc) is 3.54. The second-order valence-electron chi connectivity index (χ2n) is 7.80. The van der Waals surface area contributed by atoms with Crippen LogP contribution in [0.15, 0.2) is 48.5 Å². The van der Waals surface area contributed by atoms with E-state index in [0.29, 0.717) is 18.5 Å². The zero-order chi connectivity index (χ0) is 18.8. The van der Waals surface area contributed by atoms with Gasteiger partial charge in [0.25, 0.3) is 0 Å². The largest absolute Gasteiger partial charge is 0.497 e. The Morgan fingerprint density at radius 1 is 1.15 bits per heavy atom. The molecule has 1 amide bonds. The molecular weight excluding hydrogens is 336 g/mol. The van der Waals surface area contributed by atoms with Crippen molar-refractivity contribution in [2.45, 2.75) is 44.7 Å². The number of nitrogens with one attached hydrogen (secondary N) is 1. The lowest BCUT2D eigenvalue weighted by Gasteiger charge is -2.37. The van der Waals surface area contributed by atoms with Gasteiger partial charge in [0.2, 0.25) is 5.91 Å². The van der Waals surface area contributed by atoms with E-state index in [1.54, 1.807) is 7.11 Å². The molecule has 0 radical (unpaired) electrons. The van der Waals surface area contributed by atoms with Crippen LogP contribution in [0.3, 0.4) is 0 Å². The van der Waals surface area contributed by atoms with Crippen molar-refractivity contribution in [3.8, 4) is 5.75 Å². The van der Waals surface area contributed by atoms with Crippen LogP contribution in [-0.4, -0.2) is 25.6 Å². The third-order valence-corrected chi connectivity index (χ3v) is 5.86. The molecule has 4 rings (SSSR count). The summed E-state index contributed by atoms with van der Waals surface area (Å²) < 4.78 is 5.26. The van der Waals surface area contributed by atoms with Gasteiger partial charge in [-0.25, -0.2) is 0 Å². The normalized spacial score (nSPS) is 19.9. The van der Waals surface area contributed by atoms with E-state index in [1.165, 1.54) is 29.7 Å². The molecule has 2 aromatic rings. The number of benzene rings is 2. The lowest BCUT2D eigenvalue weighted by atomic mass is 9.96. The number of methoxy groups -OCH3 is 1. The summed E-state index contributed by atoms with van der Waals surface area (Å²) in [6, 6.07) is 17.0. The number of fused-ring (bicyclic) bond motifs is 1. The zero-order valence-corrected chi connectivity index (χ0v) is 16.2. The van der Waals surface area contributed by atoms with Gasteiger partial charge in [0.05, 0.1) is 19.7 Å². The van der Waals surface area contributed by atoms with E-state index in [0.717, 1.165) is 18.6 Å². The molecule has 4 heteroatoms. The molecule has 1 N–H and O–H groups in total. The van der Waals surface area contributed by atoms with Gasteiger partial charge in [-0.05, 0) is 67.9 Å². The molecule has 0 bridgehead atoms. The molecule has 142 valence electrons. The maximum absolute atomic E-state index is 12.9. The molecule has 2 aromatic carbocycles. The molecule has 0 saturated heterocycles. The smallest absolute Gasteiger partial charge is 0.240 e. The number of amides is 1. The Morgan fingerprint density at radius 3 is 2.59 bits per heavy atom. The fraction of sp³-hybridized carbons (Fsp3) is 0.435. The molecule has 1 saturated carbocycles. The van der Waals surface area contributed by atoms with Crippen LogP contribution < -0.4 is 15.0 Å². The number of anilines is 1. The highest BCUT2D eigenvalue weighted by atomic mass is 16.5. The number of hydrogen-bond donors (Lipinski definition) is 1. The standard InChI is InChI=1S/C23H28N2O2/c1-16-7-8-17-5-3-4-6-21(17)25(16)15-22(26)24-23(18-9-10-18)19-11-13-20(27-2)14-12-19/h3-6,11-14,16,18,23H,7-10,15H2,1-2H3,(H,24,26)/t16-,23+/m0/s1. The first kappa shape index (κ1) is 17.9. The molecule has 0 unspecified atom stereocenters. The van der Waals surface area contributed by atoms with Gasteiger partial charge in [-0.3, -0.25) is 4.79 Å². The summed E-state index contributed by atoms with van der Waals surface area (Å²) in [7, 11) is 1.67. The number of hydrogen-bond acceptors (Lipinski definition) is 3. The summed E-state index contributed by atoms with van der Waals surface area (Å²) in [6.07, 6.45) is 4.54. The molecule has 0 spiro atoms. The van der Waals surface area contributed by atoms with Crippen molar-refractivity contribution in [1.29, 1.82) is 0 Å². The average molecular weight is 364 g/mol. The van der Waals surface area contributed by atoms with Crippen molar-refractivity contribution in [3.05, 3.63) is 59.7 Å². The predicted octanol–water partition coefficient (Wildman–Crippen LogP) is 4.10. The van der Waals surface area contributed by atoms with Crippen molar-refractivity contribution in [2.24, 2.45) is 5.92 Å². The maximum atomic E-state index is 12.9. The van der Waals surface area contributed by atoms with Crippen molar-refractivity contribution in [2.75, 3.05) is 18.6 Å². The minimum atomic E-state index is 0.0961. The molecule has 1 aliphatic carbocycles. The topological polar surface area (TPSA) is 41.6 Å². The van der Waals surface area contributed by atoms with Crippen LogP contribution in [0.5, 0.6) is 5.75 Å². The van der Waals surface area contributed by atoms with Gasteiger partial charge in [-0.1, -0.05) is 30.3 Å². The first-order valence-corrected chi connectivity index (χ1v) is 9.93. The van der Waals surface area contributed by atoms with Crippen LogP contribution in [0, 0.1) is 5.92 Å². The van der Waals surface area contributed by atoms with Crippen molar-refractivity contribution >= 4 is 11.6 Å². The van der Waals surface area contributed by atoms with Gasteiger partial charge in [0, 0.05) is 11.7 Å². The molecule has 0 aromatic heterocycles. The van der Waals surface area contributed by atoms with E-state index in [4.69, 9.17) is 4.74 Å². The van der Waals surface area contributed by atoms with Crippen LogP contribution in [0.2, 0.25) is 0 Å². The van der Waals surface area contributed by atoms with E-state index < -0.39 is 0 Å². The summed E-state index contributed by atoms with van der Waals surface area (Å²) in [5.74, 6) is 1.50. The van der Waals surface area contributed by atoms with Gasteiger partial charge >= 0.3 is 0 Å². The molecule has 1 fully saturated rings. The molecule has 1 aliphatic heterocycles. The van der Waals surface area contributed by atoms with E-state index in [2.05, 4.69) is 53.5 Å². The summed E-state index contributed by atoms with van der Waals surface area (Å²) in [5, 5.41) is 3.31. The Hall–Kier alpha value is -2.49. The third-order valence-electron chi connectivity index (χ3n) is 5.86. The summed E-state index contributed by atoms with van der Waals surface area (Å²) in [4.78, 5) is 15.2. The second kappa shape index (κ2) is 7.63. The van der Waals surface area contributed by atoms with E-state index >= 15 is 0 Å².